The van der Waals surface area contributed by atoms with Gasteiger partial charge in [0.05, 0.1) is 6.17 Å². The molecule has 120 valence electrons. The van der Waals surface area contributed by atoms with Crippen LogP contribution in [0.5, 0.6) is 0 Å². The van der Waals surface area contributed by atoms with Crippen molar-refractivity contribution in [2.75, 3.05) is 31.5 Å². The van der Waals surface area contributed by atoms with Crippen molar-refractivity contribution in [2.24, 2.45) is 0 Å². The maximum atomic E-state index is 5.96. The van der Waals surface area contributed by atoms with E-state index in [1.165, 1.54) is 16.8 Å². The Bertz CT molecular complexity index is 638. The molecule has 0 bridgehead atoms. The number of piperazine rings is 1. The zero-order valence-corrected chi connectivity index (χ0v) is 14.0. The molecule has 0 spiro atoms. The normalized spacial score (nSPS) is 21.9. The SMILES string of the molecule is Clc1ccc(CN2CCN(C3Cc4ccccc4N3)CC2)cc1. The van der Waals surface area contributed by atoms with Gasteiger partial charge in [0.15, 0.2) is 0 Å². The van der Waals surface area contributed by atoms with Crippen molar-refractivity contribution in [3.63, 3.8) is 0 Å². The fraction of sp³-hybridized carbons (Fsp3) is 0.368. The quantitative estimate of drug-likeness (QED) is 0.931. The Labute approximate surface area is 142 Å². The van der Waals surface area contributed by atoms with Crippen LogP contribution in [-0.2, 0) is 13.0 Å². The topological polar surface area (TPSA) is 18.5 Å². The number of fused-ring (bicyclic) bond motifs is 1. The van der Waals surface area contributed by atoms with Crippen molar-refractivity contribution in [3.8, 4) is 0 Å². The molecule has 4 heteroatoms. The van der Waals surface area contributed by atoms with Gasteiger partial charge in [0.25, 0.3) is 0 Å². The summed E-state index contributed by atoms with van der Waals surface area (Å²) in [6.07, 6.45) is 1.58. The van der Waals surface area contributed by atoms with E-state index in [4.69, 9.17) is 11.6 Å². The lowest BCUT2D eigenvalue weighted by molar-refractivity contribution is 0.103. The van der Waals surface area contributed by atoms with Crippen molar-refractivity contribution in [3.05, 3.63) is 64.7 Å². The first-order valence-electron chi connectivity index (χ1n) is 8.33. The number of benzene rings is 2. The Morgan fingerprint density at radius 2 is 1.70 bits per heavy atom. The molecule has 2 aromatic rings. The first kappa shape index (κ1) is 15.0. The zero-order valence-electron chi connectivity index (χ0n) is 13.2. The molecule has 1 unspecified atom stereocenters. The molecule has 0 amide bonds. The van der Waals surface area contributed by atoms with E-state index in [0.29, 0.717) is 6.17 Å². The van der Waals surface area contributed by atoms with E-state index in [-0.39, 0.29) is 0 Å². The van der Waals surface area contributed by atoms with E-state index in [1.807, 2.05) is 12.1 Å². The smallest absolute Gasteiger partial charge is 0.0836 e. The summed E-state index contributed by atoms with van der Waals surface area (Å²) in [7, 11) is 0. The van der Waals surface area contributed by atoms with Crippen molar-refractivity contribution in [1.82, 2.24) is 9.80 Å². The Balaban J connectivity index is 1.31. The average molecular weight is 328 g/mol. The minimum Gasteiger partial charge on any atom is -0.369 e. The Morgan fingerprint density at radius 3 is 2.43 bits per heavy atom. The summed E-state index contributed by atoms with van der Waals surface area (Å²) in [4.78, 5) is 5.11. The van der Waals surface area contributed by atoms with Gasteiger partial charge in [-0.05, 0) is 29.3 Å². The van der Waals surface area contributed by atoms with E-state index >= 15 is 0 Å². The zero-order chi connectivity index (χ0) is 15.6. The molecule has 0 radical (unpaired) electrons. The van der Waals surface area contributed by atoms with Gasteiger partial charge in [0, 0.05) is 49.9 Å². The molecular formula is C19H22ClN3. The van der Waals surface area contributed by atoms with Crippen LogP contribution in [0.15, 0.2) is 48.5 Å². The molecule has 3 nitrogen and oxygen atoms in total. The standard InChI is InChI=1S/C19H22ClN3/c20-17-7-5-15(6-8-17)14-22-9-11-23(12-10-22)19-13-16-3-1-2-4-18(16)21-19/h1-8,19,21H,9-14H2. The van der Waals surface area contributed by atoms with Crippen LogP contribution in [0.3, 0.4) is 0 Å². The summed E-state index contributed by atoms with van der Waals surface area (Å²) >= 11 is 5.96. The number of hydrogen-bond acceptors (Lipinski definition) is 3. The third-order valence-corrected chi connectivity index (χ3v) is 5.17. The van der Waals surface area contributed by atoms with Gasteiger partial charge in [0.1, 0.15) is 0 Å². The molecule has 0 aliphatic carbocycles. The second kappa shape index (κ2) is 6.52. The summed E-state index contributed by atoms with van der Waals surface area (Å²) in [6, 6.07) is 16.9. The fourth-order valence-electron chi connectivity index (χ4n) is 3.58. The summed E-state index contributed by atoms with van der Waals surface area (Å²) in [5.74, 6) is 0. The maximum Gasteiger partial charge on any atom is 0.0836 e. The van der Waals surface area contributed by atoms with Crippen molar-refractivity contribution in [2.45, 2.75) is 19.1 Å². The lowest BCUT2D eigenvalue weighted by Gasteiger charge is -2.38. The molecule has 1 fully saturated rings. The molecule has 2 aliphatic heterocycles. The number of nitrogens with zero attached hydrogens (tertiary/aromatic N) is 2. The maximum absolute atomic E-state index is 5.96. The van der Waals surface area contributed by atoms with E-state index in [9.17, 15) is 0 Å². The minimum atomic E-state index is 0.463. The highest BCUT2D eigenvalue weighted by atomic mass is 35.5. The van der Waals surface area contributed by atoms with Crippen LogP contribution in [0, 0.1) is 0 Å². The predicted molar refractivity (Wildman–Crippen MR) is 95.9 cm³/mol. The summed E-state index contributed by atoms with van der Waals surface area (Å²) in [5.41, 5.74) is 4.09. The number of nitrogens with one attached hydrogen (secondary N) is 1. The molecule has 1 atom stereocenters. The van der Waals surface area contributed by atoms with Gasteiger partial charge < -0.3 is 5.32 Å². The van der Waals surface area contributed by atoms with Gasteiger partial charge in [0.2, 0.25) is 0 Å². The van der Waals surface area contributed by atoms with E-state index in [0.717, 1.165) is 44.2 Å². The van der Waals surface area contributed by atoms with Crippen molar-refractivity contribution >= 4 is 17.3 Å². The summed E-state index contributed by atoms with van der Waals surface area (Å²) in [6.45, 7) is 5.51. The third kappa shape index (κ3) is 3.37. The van der Waals surface area contributed by atoms with Gasteiger partial charge in [-0.1, -0.05) is 41.9 Å². The second-order valence-corrected chi connectivity index (χ2v) is 6.90. The van der Waals surface area contributed by atoms with Gasteiger partial charge in [-0.25, -0.2) is 0 Å². The highest BCUT2D eigenvalue weighted by Gasteiger charge is 2.28. The molecule has 2 heterocycles. The molecule has 4 rings (SSSR count). The summed E-state index contributed by atoms with van der Waals surface area (Å²) in [5, 5.41) is 4.48. The number of anilines is 1. The van der Waals surface area contributed by atoms with Crippen LogP contribution in [0.4, 0.5) is 5.69 Å². The minimum absolute atomic E-state index is 0.463. The van der Waals surface area contributed by atoms with Crippen LogP contribution in [0.2, 0.25) is 5.02 Å². The molecule has 2 aliphatic rings. The fourth-order valence-corrected chi connectivity index (χ4v) is 3.71. The largest absolute Gasteiger partial charge is 0.369 e. The predicted octanol–water partition coefficient (Wildman–Crippen LogP) is 3.45. The van der Waals surface area contributed by atoms with Crippen LogP contribution >= 0.6 is 11.6 Å². The number of hydrogen-bond donors (Lipinski definition) is 1. The summed E-state index contributed by atoms with van der Waals surface area (Å²) < 4.78 is 0. The van der Waals surface area contributed by atoms with E-state index in [1.54, 1.807) is 0 Å². The van der Waals surface area contributed by atoms with Gasteiger partial charge >= 0.3 is 0 Å². The third-order valence-electron chi connectivity index (χ3n) is 4.92. The first-order valence-corrected chi connectivity index (χ1v) is 8.71. The number of rotatable bonds is 3. The molecule has 2 aromatic carbocycles. The van der Waals surface area contributed by atoms with E-state index < -0.39 is 0 Å². The van der Waals surface area contributed by atoms with Crippen molar-refractivity contribution < 1.29 is 0 Å². The van der Waals surface area contributed by atoms with Gasteiger partial charge in [-0.15, -0.1) is 0 Å². The Hall–Kier alpha value is -1.55. The Morgan fingerprint density at radius 1 is 0.957 bits per heavy atom. The van der Waals surface area contributed by atoms with Gasteiger partial charge in [-0.3, -0.25) is 9.80 Å². The first-order chi connectivity index (χ1) is 11.3. The highest BCUT2D eigenvalue weighted by molar-refractivity contribution is 6.30. The average Bonchev–Trinajstić information content (AvgIpc) is 3.02. The van der Waals surface area contributed by atoms with Crippen LogP contribution in [0.1, 0.15) is 11.1 Å². The lowest BCUT2D eigenvalue weighted by Crippen LogP contribution is -2.51. The molecule has 23 heavy (non-hydrogen) atoms. The second-order valence-electron chi connectivity index (χ2n) is 6.46. The molecular weight excluding hydrogens is 306 g/mol. The molecule has 0 saturated carbocycles. The van der Waals surface area contributed by atoms with E-state index in [2.05, 4.69) is 51.5 Å². The van der Waals surface area contributed by atoms with Crippen LogP contribution in [0.25, 0.3) is 0 Å². The van der Waals surface area contributed by atoms with Crippen LogP contribution in [-0.4, -0.2) is 42.1 Å². The molecule has 1 saturated heterocycles. The number of halogens is 1. The monoisotopic (exact) mass is 327 g/mol. The van der Waals surface area contributed by atoms with Crippen LogP contribution < -0.4 is 5.32 Å². The lowest BCUT2D eigenvalue weighted by atomic mass is 10.1. The molecule has 0 aromatic heterocycles. The number of para-hydroxylation sites is 1. The Kier molecular flexibility index (Phi) is 4.25. The van der Waals surface area contributed by atoms with Gasteiger partial charge in [-0.2, -0.15) is 0 Å². The molecule has 1 N–H and O–H groups in total. The van der Waals surface area contributed by atoms with Crippen molar-refractivity contribution in [1.29, 1.82) is 0 Å². The highest BCUT2D eigenvalue weighted by Crippen LogP contribution is 2.27.